The van der Waals surface area contributed by atoms with Crippen molar-refractivity contribution in [3.05, 3.63) is 34.5 Å². The van der Waals surface area contributed by atoms with E-state index in [0.29, 0.717) is 41.6 Å². The van der Waals surface area contributed by atoms with Gasteiger partial charge in [-0.05, 0) is 31.0 Å². The molecule has 0 spiro atoms. The van der Waals surface area contributed by atoms with Crippen LogP contribution >= 0.6 is 22.7 Å². The number of hydrogen-bond donors (Lipinski definition) is 3. The topological polar surface area (TPSA) is 104 Å². The van der Waals surface area contributed by atoms with E-state index in [0.717, 1.165) is 20.7 Å². The van der Waals surface area contributed by atoms with Crippen molar-refractivity contribution in [1.29, 1.82) is 0 Å². The quantitative estimate of drug-likeness (QED) is 0.408. The number of nitrogens with zero attached hydrogens (tertiary/aromatic N) is 2. The zero-order valence-electron chi connectivity index (χ0n) is 18.3. The van der Waals surface area contributed by atoms with Crippen LogP contribution in [-0.4, -0.2) is 59.8 Å². The van der Waals surface area contributed by atoms with Gasteiger partial charge in [-0.15, -0.1) is 22.7 Å². The van der Waals surface area contributed by atoms with Gasteiger partial charge in [0.25, 0.3) is 0 Å². The second-order valence-electron chi connectivity index (χ2n) is 7.84. The van der Waals surface area contributed by atoms with Crippen molar-refractivity contribution in [1.82, 2.24) is 15.2 Å². The van der Waals surface area contributed by atoms with Crippen molar-refractivity contribution >= 4 is 49.9 Å². The number of carbonyl (C=O) groups is 2. The summed E-state index contributed by atoms with van der Waals surface area (Å²) in [6, 6.07) is 4.29. The smallest absolute Gasteiger partial charge is 0.407 e. The van der Waals surface area contributed by atoms with Crippen LogP contribution in [0.3, 0.4) is 0 Å². The molecule has 33 heavy (non-hydrogen) atoms. The van der Waals surface area contributed by atoms with Crippen LogP contribution in [0.5, 0.6) is 0 Å². The third-order valence-corrected chi connectivity index (χ3v) is 7.70. The normalized spacial score (nSPS) is 15.6. The number of anilines is 1. The molecule has 3 heterocycles. The summed E-state index contributed by atoms with van der Waals surface area (Å²) in [6.45, 7) is 3.88. The number of rotatable bonds is 8. The Morgan fingerprint density at radius 3 is 2.91 bits per heavy atom. The minimum atomic E-state index is -0.966. The molecule has 0 bridgehead atoms. The number of halogens is 1. The summed E-state index contributed by atoms with van der Waals surface area (Å²) in [5.41, 5.74) is 2.37. The van der Waals surface area contributed by atoms with Gasteiger partial charge in [-0.2, -0.15) is 0 Å². The molecule has 176 valence electrons. The van der Waals surface area contributed by atoms with E-state index in [1.807, 2.05) is 6.92 Å². The maximum absolute atomic E-state index is 13.7. The number of benzene rings is 1. The Labute approximate surface area is 198 Å². The summed E-state index contributed by atoms with van der Waals surface area (Å²) in [7, 11) is 1.62. The molecule has 0 fully saturated rings. The summed E-state index contributed by atoms with van der Waals surface area (Å²) < 4.78 is 19.5. The fraction of sp³-hybridized carbons (Fsp3) is 0.409. The Balaban J connectivity index is 1.66. The molecule has 2 aromatic heterocycles. The average molecular weight is 493 g/mol. The molecule has 0 radical (unpaired) electrons. The Bertz CT molecular complexity index is 1180. The van der Waals surface area contributed by atoms with Gasteiger partial charge in [0, 0.05) is 49.2 Å². The zero-order chi connectivity index (χ0) is 23.5. The number of carboxylic acid groups (broad SMARTS) is 1. The van der Waals surface area contributed by atoms with Crippen LogP contribution in [0.1, 0.15) is 23.8 Å². The maximum Gasteiger partial charge on any atom is 0.407 e. The van der Waals surface area contributed by atoms with Gasteiger partial charge >= 0.3 is 6.09 Å². The van der Waals surface area contributed by atoms with Crippen LogP contribution in [0.25, 0.3) is 20.8 Å². The molecular weight excluding hydrogens is 467 g/mol. The van der Waals surface area contributed by atoms with E-state index < -0.39 is 6.09 Å². The molecule has 0 saturated heterocycles. The lowest BCUT2D eigenvalue weighted by atomic mass is 9.98. The number of methoxy groups -OCH3 is 1. The molecule has 8 nitrogen and oxygen atoms in total. The minimum absolute atomic E-state index is 0.143. The minimum Gasteiger partial charge on any atom is -0.465 e. The molecular formula is C22H25FN4O4S2. The average Bonchev–Trinajstić information content (AvgIpc) is 3.32. The third kappa shape index (κ3) is 5.16. The van der Waals surface area contributed by atoms with E-state index in [4.69, 9.17) is 4.74 Å². The van der Waals surface area contributed by atoms with Crippen LogP contribution < -0.4 is 10.6 Å². The largest absolute Gasteiger partial charge is 0.465 e. The molecule has 1 atom stereocenters. The SMILES string of the molecule is COCCNCCC(=O)Nc1sc2c(c1-c1nc3cc(F)ccc3s1)CC(C)N(C(=O)O)C2. The van der Waals surface area contributed by atoms with E-state index in [1.54, 1.807) is 13.2 Å². The zero-order valence-corrected chi connectivity index (χ0v) is 19.9. The van der Waals surface area contributed by atoms with E-state index in [1.165, 1.54) is 39.7 Å². The van der Waals surface area contributed by atoms with Crippen molar-refractivity contribution in [3.8, 4) is 10.6 Å². The Kier molecular flexibility index (Phi) is 7.23. The van der Waals surface area contributed by atoms with Crippen LogP contribution in [0.15, 0.2) is 18.2 Å². The highest BCUT2D eigenvalue weighted by Gasteiger charge is 2.33. The first-order valence-corrected chi connectivity index (χ1v) is 12.2. The van der Waals surface area contributed by atoms with Gasteiger partial charge in [0.05, 0.1) is 23.4 Å². The van der Waals surface area contributed by atoms with Gasteiger partial charge in [-0.3, -0.25) is 4.79 Å². The predicted molar refractivity (Wildman–Crippen MR) is 128 cm³/mol. The lowest BCUT2D eigenvalue weighted by molar-refractivity contribution is -0.116. The van der Waals surface area contributed by atoms with Crippen LogP contribution in [0.2, 0.25) is 0 Å². The molecule has 3 N–H and O–H groups in total. The predicted octanol–water partition coefficient (Wildman–Crippen LogP) is 4.15. The standard InChI is InChI=1S/C22H25FN4O4S2/c1-12-9-14-17(11-27(12)22(29)30)33-21(26-18(28)5-6-24-7-8-31-2)19(14)20-25-15-10-13(23)3-4-16(15)32-20/h3-4,10,12,24H,5-9,11H2,1-2H3,(H,26,28)(H,29,30). The highest BCUT2D eigenvalue weighted by Crippen LogP contribution is 2.46. The molecule has 2 amide bonds. The first-order valence-electron chi connectivity index (χ1n) is 10.6. The number of hydrogen-bond acceptors (Lipinski definition) is 7. The number of thiazole rings is 1. The third-order valence-electron chi connectivity index (χ3n) is 5.51. The second-order valence-corrected chi connectivity index (χ2v) is 9.98. The van der Waals surface area contributed by atoms with Crippen LogP contribution in [0.4, 0.5) is 14.2 Å². The van der Waals surface area contributed by atoms with E-state index in [-0.39, 0.29) is 30.7 Å². The van der Waals surface area contributed by atoms with Gasteiger partial charge in [0.2, 0.25) is 5.91 Å². The first-order chi connectivity index (χ1) is 15.9. The summed E-state index contributed by atoms with van der Waals surface area (Å²) in [5.74, 6) is -0.498. The van der Waals surface area contributed by atoms with Crippen LogP contribution in [0, 0.1) is 5.82 Å². The van der Waals surface area contributed by atoms with Gasteiger partial charge in [-0.25, -0.2) is 14.2 Å². The Hall–Kier alpha value is -2.60. The van der Waals surface area contributed by atoms with E-state index in [9.17, 15) is 19.1 Å². The van der Waals surface area contributed by atoms with Gasteiger partial charge < -0.3 is 25.4 Å². The number of aromatic nitrogens is 1. The molecule has 1 aliphatic heterocycles. The lowest BCUT2D eigenvalue weighted by Crippen LogP contribution is -2.41. The number of fused-ring (bicyclic) bond motifs is 2. The molecule has 4 rings (SSSR count). The Morgan fingerprint density at radius 2 is 2.15 bits per heavy atom. The van der Waals surface area contributed by atoms with Crippen molar-refractivity contribution in [3.63, 3.8) is 0 Å². The summed E-state index contributed by atoms with van der Waals surface area (Å²) >= 11 is 2.82. The van der Waals surface area contributed by atoms with Gasteiger partial charge in [-0.1, -0.05) is 0 Å². The molecule has 3 aromatic rings. The monoisotopic (exact) mass is 492 g/mol. The first kappa shape index (κ1) is 23.6. The molecule has 1 unspecified atom stereocenters. The van der Waals surface area contributed by atoms with E-state index >= 15 is 0 Å². The van der Waals surface area contributed by atoms with Crippen molar-refractivity contribution in [2.75, 3.05) is 32.1 Å². The number of carbonyl (C=O) groups excluding carboxylic acids is 1. The molecule has 0 saturated carbocycles. The highest BCUT2D eigenvalue weighted by molar-refractivity contribution is 7.22. The second kappa shape index (κ2) is 10.1. The molecule has 11 heteroatoms. The van der Waals surface area contributed by atoms with Crippen molar-refractivity contribution < 1.29 is 23.8 Å². The number of nitrogens with one attached hydrogen (secondary N) is 2. The lowest BCUT2D eigenvalue weighted by Gasteiger charge is -2.31. The van der Waals surface area contributed by atoms with Gasteiger partial charge in [0.1, 0.15) is 15.8 Å². The fourth-order valence-electron chi connectivity index (χ4n) is 3.84. The fourth-order valence-corrected chi connectivity index (χ4v) is 6.18. The highest BCUT2D eigenvalue weighted by atomic mass is 32.1. The Morgan fingerprint density at radius 1 is 1.33 bits per heavy atom. The van der Waals surface area contributed by atoms with Crippen molar-refractivity contribution in [2.45, 2.75) is 32.4 Å². The maximum atomic E-state index is 13.7. The van der Waals surface area contributed by atoms with E-state index in [2.05, 4.69) is 15.6 Å². The number of ether oxygens (including phenoxy) is 1. The summed E-state index contributed by atoms with van der Waals surface area (Å²) in [5, 5.41) is 17.0. The number of thiophene rings is 1. The van der Waals surface area contributed by atoms with Crippen molar-refractivity contribution in [2.24, 2.45) is 0 Å². The molecule has 0 aliphatic carbocycles. The summed E-state index contributed by atoms with van der Waals surface area (Å²) in [4.78, 5) is 31.2. The van der Waals surface area contributed by atoms with Gasteiger partial charge in [0.15, 0.2) is 0 Å². The summed E-state index contributed by atoms with van der Waals surface area (Å²) in [6.07, 6.45) is -0.160. The van der Waals surface area contributed by atoms with Crippen LogP contribution in [-0.2, 0) is 22.5 Å². The molecule has 1 aromatic carbocycles. The number of amides is 2. The molecule has 1 aliphatic rings.